The fourth-order valence-electron chi connectivity index (χ4n) is 2.20. The van der Waals surface area contributed by atoms with E-state index in [4.69, 9.17) is 5.11 Å². The Balaban J connectivity index is 2.10. The van der Waals surface area contributed by atoms with Gasteiger partial charge in [0, 0.05) is 6.61 Å². The Bertz CT molecular complexity index is 459. The van der Waals surface area contributed by atoms with Crippen molar-refractivity contribution in [3.63, 3.8) is 0 Å². The summed E-state index contributed by atoms with van der Waals surface area (Å²) in [4.78, 5) is 0. The minimum atomic E-state index is 0.284. The van der Waals surface area contributed by atoms with Crippen LogP contribution < -0.4 is 0 Å². The summed E-state index contributed by atoms with van der Waals surface area (Å²) in [6.45, 7) is 2.50. The van der Waals surface area contributed by atoms with Crippen LogP contribution in [0.2, 0.25) is 0 Å². The standard InChI is InChI=1S/C17H20O/c1-14(6-5-13-18)15-9-11-17(12-10-15)16-7-3-2-4-8-16/h2-4,7-12,14,18H,5-6,13H2,1H3. The van der Waals surface area contributed by atoms with Crippen LogP contribution >= 0.6 is 0 Å². The molecule has 0 amide bonds. The summed E-state index contributed by atoms with van der Waals surface area (Å²) in [5.74, 6) is 0.516. The van der Waals surface area contributed by atoms with Gasteiger partial charge in [-0.15, -0.1) is 0 Å². The summed E-state index contributed by atoms with van der Waals surface area (Å²) in [5.41, 5.74) is 3.86. The van der Waals surface area contributed by atoms with Gasteiger partial charge in [-0.25, -0.2) is 0 Å². The van der Waals surface area contributed by atoms with Gasteiger partial charge in [-0.2, -0.15) is 0 Å². The molecule has 0 aliphatic carbocycles. The van der Waals surface area contributed by atoms with Gasteiger partial charge < -0.3 is 5.11 Å². The summed E-state index contributed by atoms with van der Waals surface area (Å²) < 4.78 is 0. The van der Waals surface area contributed by atoms with Crippen LogP contribution in [-0.4, -0.2) is 11.7 Å². The Morgan fingerprint density at radius 3 is 2.11 bits per heavy atom. The van der Waals surface area contributed by atoms with E-state index in [1.165, 1.54) is 16.7 Å². The van der Waals surface area contributed by atoms with Crippen molar-refractivity contribution in [2.45, 2.75) is 25.7 Å². The maximum atomic E-state index is 8.85. The third-order valence-electron chi connectivity index (χ3n) is 3.38. The lowest BCUT2D eigenvalue weighted by Crippen LogP contribution is -1.95. The van der Waals surface area contributed by atoms with Gasteiger partial charge in [0.1, 0.15) is 0 Å². The van der Waals surface area contributed by atoms with E-state index in [-0.39, 0.29) is 6.61 Å². The first-order chi connectivity index (χ1) is 8.81. The molecule has 0 saturated heterocycles. The van der Waals surface area contributed by atoms with Crippen molar-refractivity contribution in [2.24, 2.45) is 0 Å². The van der Waals surface area contributed by atoms with Gasteiger partial charge in [0.2, 0.25) is 0 Å². The molecule has 1 unspecified atom stereocenters. The molecule has 0 aromatic heterocycles. The van der Waals surface area contributed by atoms with Gasteiger partial charge in [-0.3, -0.25) is 0 Å². The number of aliphatic hydroxyl groups is 1. The van der Waals surface area contributed by atoms with E-state index in [0.29, 0.717) is 5.92 Å². The van der Waals surface area contributed by atoms with Crippen LogP contribution in [0, 0.1) is 0 Å². The Hall–Kier alpha value is -1.60. The first-order valence-electron chi connectivity index (χ1n) is 6.57. The number of hydrogen-bond acceptors (Lipinski definition) is 1. The predicted octanol–water partition coefficient (Wildman–Crippen LogP) is 4.23. The molecular formula is C17H20O. The molecule has 18 heavy (non-hydrogen) atoms. The summed E-state index contributed by atoms with van der Waals surface area (Å²) in [5, 5.41) is 8.85. The number of hydrogen-bond donors (Lipinski definition) is 1. The molecule has 1 nitrogen and oxygen atoms in total. The highest BCUT2D eigenvalue weighted by atomic mass is 16.2. The normalized spacial score (nSPS) is 12.3. The molecule has 0 aliphatic rings. The maximum Gasteiger partial charge on any atom is 0.0431 e. The van der Waals surface area contributed by atoms with E-state index in [0.717, 1.165) is 12.8 Å². The highest BCUT2D eigenvalue weighted by Gasteiger charge is 2.05. The molecule has 0 aliphatic heterocycles. The zero-order chi connectivity index (χ0) is 12.8. The molecule has 0 fully saturated rings. The second-order valence-electron chi connectivity index (χ2n) is 4.75. The first kappa shape index (κ1) is 12.8. The molecule has 2 aromatic rings. The molecular weight excluding hydrogens is 220 g/mol. The fraction of sp³-hybridized carbons (Fsp3) is 0.294. The van der Waals surface area contributed by atoms with Crippen LogP contribution in [0.15, 0.2) is 54.6 Å². The lowest BCUT2D eigenvalue weighted by atomic mass is 9.94. The second kappa shape index (κ2) is 6.36. The lowest BCUT2D eigenvalue weighted by molar-refractivity contribution is 0.281. The van der Waals surface area contributed by atoms with E-state index in [2.05, 4.69) is 55.5 Å². The van der Waals surface area contributed by atoms with Crippen molar-refractivity contribution in [1.82, 2.24) is 0 Å². The molecule has 2 rings (SSSR count). The van der Waals surface area contributed by atoms with Crippen LogP contribution in [0.3, 0.4) is 0 Å². The molecule has 1 N–H and O–H groups in total. The third-order valence-corrected chi connectivity index (χ3v) is 3.38. The molecule has 2 aromatic carbocycles. The Morgan fingerprint density at radius 1 is 0.889 bits per heavy atom. The smallest absolute Gasteiger partial charge is 0.0431 e. The summed E-state index contributed by atoms with van der Waals surface area (Å²) in [7, 11) is 0. The highest BCUT2D eigenvalue weighted by molar-refractivity contribution is 5.63. The largest absolute Gasteiger partial charge is 0.396 e. The minimum absolute atomic E-state index is 0.284. The Kier molecular flexibility index (Phi) is 4.54. The molecule has 1 atom stereocenters. The van der Waals surface area contributed by atoms with Crippen molar-refractivity contribution in [3.8, 4) is 11.1 Å². The number of aliphatic hydroxyl groups excluding tert-OH is 1. The van der Waals surface area contributed by atoms with Crippen molar-refractivity contribution in [2.75, 3.05) is 6.61 Å². The van der Waals surface area contributed by atoms with Gasteiger partial charge in [-0.05, 0) is 35.4 Å². The Morgan fingerprint density at radius 2 is 1.50 bits per heavy atom. The van der Waals surface area contributed by atoms with Gasteiger partial charge >= 0.3 is 0 Å². The average molecular weight is 240 g/mol. The predicted molar refractivity (Wildman–Crippen MR) is 76.6 cm³/mol. The van der Waals surface area contributed by atoms with Crippen molar-refractivity contribution >= 4 is 0 Å². The van der Waals surface area contributed by atoms with E-state index in [1.807, 2.05) is 6.07 Å². The van der Waals surface area contributed by atoms with E-state index in [9.17, 15) is 0 Å². The van der Waals surface area contributed by atoms with Crippen molar-refractivity contribution in [1.29, 1.82) is 0 Å². The van der Waals surface area contributed by atoms with Gasteiger partial charge in [0.25, 0.3) is 0 Å². The molecule has 0 spiro atoms. The van der Waals surface area contributed by atoms with E-state index in [1.54, 1.807) is 0 Å². The lowest BCUT2D eigenvalue weighted by Gasteiger charge is -2.11. The zero-order valence-electron chi connectivity index (χ0n) is 10.8. The maximum absolute atomic E-state index is 8.85. The van der Waals surface area contributed by atoms with Crippen LogP contribution in [0.1, 0.15) is 31.2 Å². The van der Waals surface area contributed by atoms with Crippen molar-refractivity contribution in [3.05, 3.63) is 60.2 Å². The first-order valence-corrected chi connectivity index (χ1v) is 6.57. The van der Waals surface area contributed by atoms with Crippen LogP contribution in [0.25, 0.3) is 11.1 Å². The average Bonchev–Trinajstić information content (AvgIpc) is 2.46. The number of benzene rings is 2. The quantitative estimate of drug-likeness (QED) is 0.829. The van der Waals surface area contributed by atoms with Gasteiger partial charge in [-0.1, -0.05) is 61.5 Å². The molecule has 0 saturated carbocycles. The molecule has 1 heteroatoms. The fourth-order valence-corrected chi connectivity index (χ4v) is 2.20. The Labute approximate surface area is 109 Å². The highest BCUT2D eigenvalue weighted by Crippen LogP contribution is 2.24. The monoisotopic (exact) mass is 240 g/mol. The molecule has 94 valence electrons. The summed E-state index contributed by atoms with van der Waals surface area (Å²) >= 11 is 0. The van der Waals surface area contributed by atoms with Gasteiger partial charge in [0.15, 0.2) is 0 Å². The van der Waals surface area contributed by atoms with Crippen LogP contribution in [0.5, 0.6) is 0 Å². The van der Waals surface area contributed by atoms with Gasteiger partial charge in [0.05, 0.1) is 0 Å². The minimum Gasteiger partial charge on any atom is -0.396 e. The van der Waals surface area contributed by atoms with E-state index < -0.39 is 0 Å². The van der Waals surface area contributed by atoms with E-state index >= 15 is 0 Å². The molecule has 0 bridgehead atoms. The third kappa shape index (κ3) is 3.21. The van der Waals surface area contributed by atoms with Crippen LogP contribution in [0.4, 0.5) is 0 Å². The summed E-state index contributed by atoms with van der Waals surface area (Å²) in [6, 6.07) is 19.2. The second-order valence-corrected chi connectivity index (χ2v) is 4.75. The summed E-state index contributed by atoms with van der Waals surface area (Å²) in [6.07, 6.45) is 1.92. The topological polar surface area (TPSA) is 20.2 Å². The zero-order valence-corrected chi connectivity index (χ0v) is 10.8. The molecule has 0 radical (unpaired) electrons. The van der Waals surface area contributed by atoms with Crippen LogP contribution in [-0.2, 0) is 0 Å². The van der Waals surface area contributed by atoms with Crippen molar-refractivity contribution < 1.29 is 5.11 Å². The SMILES string of the molecule is CC(CCCO)c1ccc(-c2ccccc2)cc1. The number of rotatable bonds is 5. The molecule has 0 heterocycles.